The minimum Gasteiger partial charge on any atom is -0.456 e. The van der Waals surface area contributed by atoms with Gasteiger partial charge in [0.15, 0.2) is 0 Å². The van der Waals surface area contributed by atoms with E-state index < -0.39 is 5.41 Å². The van der Waals surface area contributed by atoms with E-state index in [-0.39, 0.29) is 0 Å². The van der Waals surface area contributed by atoms with Crippen LogP contribution < -0.4 is 4.74 Å². The Morgan fingerprint density at radius 1 is 0.340 bits per heavy atom. The van der Waals surface area contributed by atoms with Gasteiger partial charge in [0, 0.05) is 10.9 Å². The van der Waals surface area contributed by atoms with Crippen LogP contribution in [0.1, 0.15) is 22.3 Å². The van der Waals surface area contributed by atoms with Gasteiger partial charge in [0.1, 0.15) is 11.5 Å². The monoisotopic (exact) mass is 632 g/mol. The lowest BCUT2D eigenvalue weighted by Gasteiger charge is -2.31. The molecule has 50 heavy (non-hydrogen) atoms. The third-order valence-electron chi connectivity index (χ3n) is 11.6. The van der Waals surface area contributed by atoms with Crippen molar-refractivity contribution in [3.05, 3.63) is 192 Å². The Kier molecular flexibility index (Phi) is 4.97. The maximum absolute atomic E-state index is 6.48. The molecule has 1 unspecified atom stereocenters. The van der Waals surface area contributed by atoms with Crippen LogP contribution in [0.25, 0.3) is 76.8 Å². The normalized spacial score (nSPS) is 15.8. The van der Waals surface area contributed by atoms with Crippen molar-refractivity contribution < 1.29 is 4.74 Å². The highest BCUT2D eigenvalue weighted by atomic mass is 16.5. The van der Waals surface area contributed by atoms with Gasteiger partial charge in [-0.15, -0.1) is 0 Å². The number of ether oxygens (including phenoxy) is 1. The lowest BCUT2D eigenvalue weighted by molar-refractivity contribution is 0.487. The first-order chi connectivity index (χ1) is 24.8. The zero-order chi connectivity index (χ0) is 32.6. The Morgan fingerprint density at radius 2 is 1.02 bits per heavy atom. The number of hydrogen-bond acceptors (Lipinski definition) is 1. The zero-order valence-electron chi connectivity index (χ0n) is 27.1. The summed E-state index contributed by atoms with van der Waals surface area (Å²) in [6, 6.07) is 63.1. The van der Waals surface area contributed by atoms with Crippen LogP contribution in [-0.4, -0.2) is 0 Å². The maximum Gasteiger partial charge on any atom is 0.135 e. The summed E-state index contributed by atoms with van der Waals surface area (Å²) in [5, 5.41) is 7.52. The number of rotatable bonds is 1. The summed E-state index contributed by atoms with van der Waals surface area (Å²) in [6.07, 6.45) is 0. The first-order valence-corrected chi connectivity index (χ1v) is 17.4. The van der Waals surface area contributed by atoms with E-state index in [1.54, 1.807) is 0 Å². The Morgan fingerprint density at radius 3 is 1.94 bits per heavy atom. The average molecular weight is 633 g/mol. The van der Waals surface area contributed by atoms with E-state index in [0.29, 0.717) is 0 Å². The van der Waals surface area contributed by atoms with Crippen molar-refractivity contribution in [3.8, 4) is 56.0 Å². The smallest absolute Gasteiger partial charge is 0.135 e. The standard InChI is InChI=1S/C49H28O/c1-2-12-31-27-44-40(26-30(31)11-1)47-34-13-4-3-10-29(34)21-24-42(47)49(44)41-18-7-5-14-35(41)36-22-20-32(28-43(36)49)33-23-25-46-48-38(33)16-9-17-39(48)37-15-6-8-19-45(37)50-46/h1-28H. The van der Waals surface area contributed by atoms with Crippen LogP contribution in [-0.2, 0) is 5.41 Å². The molecule has 1 spiro atoms. The molecule has 3 aliphatic rings. The Bertz CT molecular complexity index is 2970. The predicted octanol–water partition coefficient (Wildman–Crippen LogP) is 12.9. The molecule has 9 aromatic carbocycles. The molecule has 0 saturated carbocycles. The Balaban J connectivity index is 1.19. The second-order valence-electron chi connectivity index (χ2n) is 13.9. The molecular weight excluding hydrogens is 605 g/mol. The highest BCUT2D eigenvalue weighted by Gasteiger charge is 2.52. The molecule has 1 heterocycles. The zero-order valence-corrected chi connectivity index (χ0v) is 27.1. The number of fused-ring (bicyclic) bond motifs is 15. The fourth-order valence-electron chi connectivity index (χ4n) is 9.64. The summed E-state index contributed by atoms with van der Waals surface area (Å²) in [5.41, 5.74) is 15.1. The third kappa shape index (κ3) is 3.18. The maximum atomic E-state index is 6.48. The van der Waals surface area contributed by atoms with Crippen LogP contribution in [0.5, 0.6) is 11.5 Å². The lowest BCUT2D eigenvalue weighted by atomic mass is 9.70. The van der Waals surface area contributed by atoms with Crippen molar-refractivity contribution in [2.45, 2.75) is 5.41 Å². The fourth-order valence-corrected chi connectivity index (χ4v) is 9.64. The summed E-state index contributed by atoms with van der Waals surface area (Å²) >= 11 is 0. The molecular formula is C49H28O. The Hall–Kier alpha value is -6.44. The summed E-state index contributed by atoms with van der Waals surface area (Å²) in [7, 11) is 0. The van der Waals surface area contributed by atoms with Crippen LogP contribution in [0.3, 0.4) is 0 Å². The average Bonchev–Trinajstić information content (AvgIpc) is 3.64. The van der Waals surface area contributed by atoms with E-state index in [1.807, 2.05) is 6.07 Å². The van der Waals surface area contributed by atoms with Crippen molar-refractivity contribution >= 4 is 32.3 Å². The highest BCUT2D eigenvalue weighted by molar-refractivity contribution is 6.11. The topological polar surface area (TPSA) is 9.23 Å². The molecule has 230 valence electrons. The van der Waals surface area contributed by atoms with Crippen molar-refractivity contribution in [2.75, 3.05) is 0 Å². The molecule has 1 nitrogen and oxygen atoms in total. The van der Waals surface area contributed by atoms with Crippen LogP contribution in [0.15, 0.2) is 170 Å². The van der Waals surface area contributed by atoms with Crippen molar-refractivity contribution in [1.29, 1.82) is 0 Å². The van der Waals surface area contributed by atoms with Gasteiger partial charge in [-0.25, -0.2) is 0 Å². The third-order valence-corrected chi connectivity index (χ3v) is 11.6. The molecule has 0 fully saturated rings. The minimum atomic E-state index is -0.449. The molecule has 9 aromatic rings. The van der Waals surface area contributed by atoms with Gasteiger partial charge >= 0.3 is 0 Å². The van der Waals surface area contributed by atoms with E-state index in [9.17, 15) is 0 Å². The van der Waals surface area contributed by atoms with Gasteiger partial charge in [0.05, 0.1) is 5.41 Å². The SMILES string of the molecule is c1ccc2c(c1)Oc1ccc(-c3ccc4c(c3)C3(c5ccccc5-4)c4cc5ccccc5cc4-c4c3ccc3ccccc43)c3cccc-2c13. The van der Waals surface area contributed by atoms with Crippen molar-refractivity contribution in [1.82, 2.24) is 0 Å². The number of benzene rings is 9. The summed E-state index contributed by atoms with van der Waals surface area (Å²) < 4.78 is 6.48. The molecule has 1 aliphatic heterocycles. The minimum absolute atomic E-state index is 0.449. The molecule has 0 saturated heterocycles. The fraction of sp³-hybridized carbons (Fsp3) is 0.0204. The summed E-state index contributed by atoms with van der Waals surface area (Å²) in [4.78, 5) is 0. The lowest BCUT2D eigenvalue weighted by Crippen LogP contribution is -2.26. The molecule has 0 amide bonds. The van der Waals surface area contributed by atoms with E-state index >= 15 is 0 Å². The molecule has 0 bridgehead atoms. The highest BCUT2D eigenvalue weighted by Crippen LogP contribution is 2.64. The molecule has 1 atom stereocenters. The predicted molar refractivity (Wildman–Crippen MR) is 206 cm³/mol. The Labute approximate surface area is 289 Å². The second kappa shape index (κ2) is 9.37. The van der Waals surface area contributed by atoms with E-state index in [4.69, 9.17) is 4.74 Å². The summed E-state index contributed by atoms with van der Waals surface area (Å²) in [6.45, 7) is 0. The van der Waals surface area contributed by atoms with Gasteiger partial charge in [0.2, 0.25) is 0 Å². The van der Waals surface area contributed by atoms with E-state index in [2.05, 4.69) is 164 Å². The largest absolute Gasteiger partial charge is 0.456 e. The first-order valence-electron chi connectivity index (χ1n) is 17.4. The van der Waals surface area contributed by atoms with E-state index in [1.165, 1.54) is 93.5 Å². The second-order valence-corrected chi connectivity index (χ2v) is 13.9. The molecule has 0 radical (unpaired) electrons. The van der Waals surface area contributed by atoms with Crippen molar-refractivity contribution in [2.24, 2.45) is 0 Å². The van der Waals surface area contributed by atoms with Crippen LogP contribution in [0.2, 0.25) is 0 Å². The van der Waals surface area contributed by atoms with Crippen molar-refractivity contribution in [3.63, 3.8) is 0 Å². The van der Waals surface area contributed by atoms with Crippen LogP contribution in [0, 0.1) is 0 Å². The van der Waals surface area contributed by atoms with Gasteiger partial charge < -0.3 is 4.74 Å². The van der Waals surface area contributed by atoms with Gasteiger partial charge in [-0.1, -0.05) is 140 Å². The van der Waals surface area contributed by atoms with Crippen LogP contribution in [0.4, 0.5) is 0 Å². The van der Waals surface area contributed by atoms with Gasteiger partial charge in [-0.3, -0.25) is 0 Å². The van der Waals surface area contributed by atoms with E-state index in [0.717, 1.165) is 17.1 Å². The van der Waals surface area contributed by atoms with Gasteiger partial charge in [0.25, 0.3) is 0 Å². The molecule has 2 aliphatic carbocycles. The number of hydrogen-bond donors (Lipinski definition) is 0. The van der Waals surface area contributed by atoms with Gasteiger partial charge in [-0.2, -0.15) is 0 Å². The molecule has 1 heteroatoms. The number of para-hydroxylation sites is 1. The molecule has 0 aromatic heterocycles. The summed E-state index contributed by atoms with van der Waals surface area (Å²) in [5.74, 6) is 1.83. The molecule has 12 rings (SSSR count). The quantitative estimate of drug-likeness (QED) is 0.175. The van der Waals surface area contributed by atoms with Crippen LogP contribution >= 0.6 is 0 Å². The molecule has 0 N–H and O–H groups in total. The first kappa shape index (κ1) is 26.5. The van der Waals surface area contributed by atoms with Gasteiger partial charge in [-0.05, 0) is 118 Å².